The second kappa shape index (κ2) is 7.94. The average molecular weight is 489 g/mol. The van der Waals surface area contributed by atoms with Crippen LogP contribution in [0.3, 0.4) is 0 Å². The molecule has 6 aromatic rings. The quantitative estimate of drug-likeness (QED) is 0.246. The van der Waals surface area contributed by atoms with Gasteiger partial charge in [-0.25, -0.2) is 0 Å². The summed E-state index contributed by atoms with van der Waals surface area (Å²) < 4.78 is 147. The lowest BCUT2D eigenvalue weighted by Gasteiger charge is -2.33. The summed E-state index contributed by atoms with van der Waals surface area (Å²) in [6.07, 6.45) is 0. The number of hydrogen-bond donors (Lipinski definition) is 0. The molecule has 2 aliphatic carbocycles. The zero-order valence-corrected chi connectivity index (χ0v) is 19.0. The van der Waals surface area contributed by atoms with Gasteiger partial charge in [0.2, 0.25) is 0 Å². The summed E-state index contributed by atoms with van der Waals surface area (Å²) in [6, 6.07) is 1.04. The van der Waals surface area contributed by atoms with E-state index in [2.05, 4.69) is 0 Å². The topological polar surface area (TPSA) is 13.1 Å². The Kier molecular flexibility index (Phi) is 2.23. The molecule has 0 fully saturated rings. The van der Waals surface area contributed by atoms with Crippen molar-refractivity contribution in [2.24, 2.45) is 11.8 Å². The van der Waals surface area contributed by atoms with Gasteiger partial charge in [0.15, 0.2) is 0 Å². The fourth-order valence-electron chi connectivity index (χ4n) is 5.36. The van der Waals surface area contributed by atoms with E-state index < -0.39 is 108 Å². The molecule has 0 bridgehead atoms. The summed E-state index contributed by atoms with van der Waals surface area (Å²) in [7, 11) is 0. The van der Waals surface area contributed by atoms with Crippen molar-refractivity contribution in [3.05, 3.63) is 155 Å². The van der Waals surface area contributed by atoms with E-state index in [0.717, 1.165) is 0 Å². The maximum Gasteiger partial charge on any atom is 0.136 e. The van der Waals surface area contributed by atoms with Crippen LogP contribution in [-0.4, -0.2) is 0 Å². The van der Waals surface area contributed by atoms with Crippen LogP contribution in [0.2, 0.25) is 0 Å². The third kappa shape index (κ3) is 3.04. The highest BCUT2D eigenvalue weighted by molar-refractivity contribution is 6.10. The smallest absolute Gasteiger partial charge is 0.136 e. The van der Waals surface area contributed by atoms with Gasteiger partial charge in [-0.3, -0.25) is 0 Å². The van der Waals surface area contributed by atoms with Crippen LogP contribution < -0.4 is 10.4 Å². The first-order chi connectivity index (χ1) is 25.0. The Morgan fingerprint density at radius 1 is 0.622 bits per heavy atom. The normalized spacial score (nSPS) is 25.6. The Hall–Kier alpha value is -4.62. The van der Waals surface area contributed by atoms with E-state index in [-0.39, 0.29) is 49.5 Å². The number of rotatable bonds is 2. The molecule has 1 aromatic heterocycles. The van der Waals surface area contributed by atoms with E-state index in [1.807, 2.05) is 0 Å². The summed E-state index contributed by atoms with van der Waals surface area (Å²) in [5.41, 5.74) is -0.774. The lowest BCUT2D eigenvalue weighted by Crippen LogP contribution is -2.40. The van der Waals surface area contributed by atoms with Crippen molar-refractivity contribution in [2.45, 2.75) is 0 Å². The third-order valence-electron chi connectivity index (χ3n) is 6.91. The molecular formula is C36H24O. The molecular weight excluding hydrogens is 448 g/mol. The summed E-state index contributed by atoms with van der Waals surface area (Å²) in [5, 5.41) is 0.512. The average Bonchev–Trinajstić information content (AvgIpc) is 3.54. The summed E-state index contributed by atoms with van der Waals surface area (Å²) in [4.78, 5) is 0. The number of benzene rings is 5. The first-order valence-electron chi connectivity index (χ1n) is 19.6. The number of furan rings is 1. The molecule has 37 heavy (non-hydrogen) atoms. The second-order valence-corrected chi connectivity index (χ2v) is 8.82. The van der Waals surface area contributed by atoms with Crippen molar-refractivity contribution < 1.29 is 26.3 Å². The minimum Gasteiger partial charge on any atom is -0.456 e. The molecule has 5 aromatic carbocycles. The van der Waals surface area contributed by atoms with Gasteiger partial charge in [0, 0.05) is 22.6 Å². The van der Waals surface area contributed by atoms with Gasteiger partial charge >= 0.3 is 0 Å². The van der Waals surface area contributed by atoms with Crippen LogP contribution in [0.25, 0.3) is 43.9 Å². The molecule has 1 nitrogen and oxygen atoms in total. The van der Waals surface area contributed by atoms with Crippen molar-refractivity contribution in [3.8, 4) is 0 Å². The van der Waals surface area contributed by atoms with E-state index >= 15 is 0 Å². The Bertz CT molecular complexity index is 2920. The van der Waals surface area contributed by atoms with Gasteiger partial charge < -0.3 is 4.42 Å². The summed E-state index contributed by atoms with van der Waals surface area (Å²) in [5.74, 6) is -2.84. The molecule has 0 aliphatic heterocycles. The summed E-state index contributed by atoms with van der Waals surface area (Å²) >= 11 is 0. The summed E-state index contributed by atoms with van der Waals surface area (Å²) in [6.45, 7) is 0. The Morgan fingerprint density at radius 2 is 1.38 bits per heavy atom. The third-order valence-corrected chi connectivity index (χ3v) is 6.91. The van der Waals surface area contributed by atoms with Crippen LogP contribution in [0, 0.1) is 11.8 Å². The van der Waals surface area contributed by atoms with Crippen molar-refractivity contribution >= 4 is 43.9 Å². The van der Waals surface area contributed by atoms with Gasteiger partial charge in [-0.05, 0) is 61.6 Å². The van der Waals surface area contributed by atoms with Gasteiger partial charge in [-0.15, -0.1) is 0 Å². The lowest BCUT2D eigenvalue weighted by atomic mass is 9.69. The number of allylic oxidation sites excluding steroid dienone is 4. The van der Waals surface area contributed by atoms with E-state index in [0.29, 0.717) is 16.3 Å². The predicted molar refractivity (Wildman–Crippen MR) is 154 cm³/mol. The molecule has 8 rings (SSSR count). The van der Waals surface area contributed by atoms with Crippen molar-refractivity contribution in [1.82, 2.24) is 0 Å². The second-order valence-electron chi connectivity index (χ2n) is 8.82. The van der Waals surface area contributed by atoms with Crippen LogP contribution in [0.4, 0.5) is 0 Å². The highest BCUT2D eigenvalue weighted by Crippen LogP contribution is 2.43. The van der Waals surface area contributed by atoms with Crippen molar-refractivity contribution in [2.75, 3.05) is 0 Å². The molecule has 0 N–H and O–H groups in total. The maximum atomic E-state index is 9.33. The molecule has 1 heterocycles. The minimum absolute atomic E-state index is 0.119. The van der Waals surface area contributed by atoms with E-state index in [9.17, 15) is 6.85 Å². The van der Waals surface area contributed by atoms with Crippen LogP contribution in [0.1, 0.15) is 33.1 Å². The van der Waals surface area contributed by atoms with Crippen LogP contribution in [0.15, 0.2) is 138 Å². The molecule has 0 amide bonds. The van der Waals surface area contributed by atoms with Crippen LogP contribution in [-0.2, 0) is 0 Å². The molecule has 1 heteroatoms. The van der Waals surface area contributed by atoms with Gasteiger partial charge in [-0.1, -0.05) is 115 Å². The van der Waals surface area contributed by atoms with Crippen molar-refractivity contribution in [3.63, 3.8) is 0 Å². The number of hydrogen-bond acceptors (Lipinski definition) is 1. The fourth-order valence-corrected chi connectivity index (χ4v) is 5.36. The minimum atomic E-state index is -1.48. The monoisotopic (exact) mass is 488 g/mol. The van der Waals surface area contributed by atoms with Crippen LogP contribution >= 0.6 is 0 Å². The lowest BCUT2D eigenvalue weighted by molar-refractivity contribution is 0.668. The first kappa shape index (κ1) is 10.4. The van der Waals surface area contributed by atoms with E-state index in [1.54, 1.807) is 36.4 Å². The molecule has 0 radical (unpaired) electrons. The van der Waals surface area contributed by atoms with Gasteiger partial charge in [0.25, 0.3) is 0 Å². The predicted octanol–water partition coefficient (Wildman–Crippen LogP) is 7.51. The zero-order valence-electron chi connectivity index (χ0n) is 35.0. The molecule has 174 valence electrons. The van der Waals surface area contributed by atoms with Gasteiger partial charge in [0.1, 0.15) is 11.2 Å². The molecule has 2 atom stereocenters. The fraction of sp³-hybridized carbons (Fsp3) is 0.0556. The number of fused-ring (bicyclic) bond motifs is 6. The molecule has 0 saturated carbocycles. The van der Waals surface area contributed by atoms with Crippen LogP contribution in [0.5, 0.6) is 0 Å². The molecule has 0 spiro atoms. The van der Waals surface area contributed by atoms with Crippen molar-refractivity contribution in [1.29, 1.82) is 0 Å². The Morgan fingerprint density at radius 3 is 2.27 bits per heavy atom. The highest BCUT2D eigenvalue weighted by atomic mass is 16.3. The molecule has 2 aliphatic rings. The first-order valence-corrected chi connectivity index (χ1v) is 11.6. The van der Waals surface area contributed by atoms with Gasteiger partial charge in [-0.2, -0.15) is 0 Å². The van der Waals surface area contributed by atoms with Gasteiger partial charge in [0.05, 0.1) is 21.9 Å². The zero-order chi connectivity index (χ0) is 38.3. The molecule has 0 saturated heterocycles. The van der Waals surface area contributed by atoms with E-state index in [4.69, 9.17) is 19.5 Å². The SMILES string of the molecule is [2H]C1=C([2H])C2C(c3ccc4cc([2H])ccc4c3)=c3c([2H])c([2H])c([2H])c([2H])c3=C(c3c([2H])c([2H])c([2H])c4oc5c([2H])c([2H])c([2H])c([2H])c5c34)C2C([2H])=C1[2H]. The van der Waals surface area contributed by atoms with E-state index in [1.165, 1.54) is 0 Å². The number of para-hydroxylation sites is 1. The largest absolute Gasteiger partial charge is 0.456 e. The Labute approximate surface area is 237 Å². The standard InChI is InChI=1S/C36H24O/c1-2-11-24-22-25(21-20-23(24)10-1)34-26-12-3-5-14-28(26)35(29-15-6-4-13-27(29)34)31-17-9-19-33-36(31)30-16-7-8-18-32(30)37-33/h1-22,26,28H/i1D,3D,4D,5D,6D,7D,8D,9D,12D,13D,14D,15D,16D,17D,18D,19D. The molecule has 2 unspecified atom stereocenters. The highest BCUT2D eigenvalue weighted by Gasteiger charge is 2.32. The maximum absolute atomic E-state index is 9.33. The Balaban J connectivity index is 1.72.